The monoisotopic (exact) mass is 278 g/mol. The summed E-state index contributed by atoms with van der Waals surface area (Å²) in [5.74, 6) is -0.147. The Hall–Kier alpha value is -2.64. The first-order valence-electron chi connectivity index (χ1n) is 6.80. The van der Waals surface area contributed by atoms with Crippen molar-refractivity contribution in [2.45, 2.75) is 12.5 Å². The number of nitrogens with zero attached hydrogens (tertiary/aromatic N) is 2. The van der Waals surface area contributed by atoms with Crippen LogP contribution in [0.5, 0.6) is 0 Å². The van der Waals surface area contributed by atoms with Crippen LogP contribution in [0.1, 0.15) is 34.0 Å². The zero-order valence-corrected chi connectivity index (χ0v) is 11.4. The van der Waals surface area contributed by atoms with Crippen molar-refractivity contribution in [2.24, 2.45) is 0 Å². The predicted molar refractivity (Wildman–Crippen MR) is 78.9 cm³/mol. The van der Waals surface area contributed by atoms with E-state index >= 15 is 0 Å². The molecule has 1 aliphatic heterocycles. The van der Waals surface area contributed by atoms with E-state index in [9.17, 15) is 9.90 Å². The lowest BCUT2D eigenvalue weighted by Gasteiger charge is -2.32. The molecule has 1 amide bonds. The number of fused-ring (bicyclic) bond motifs is 1. The summed E-state index contributed by atoms with van der Waals surface area (Å²) in [5, 5.41) is 19.0. The maximum absolute atomic E-state index is 12.7. The first-order chi connectivity index (χ1) is 10.2. The Morgan fingerprint density at radius 2 is 2.05 bits per heavy atom. The van der Waals surface area contributed by atoms with Gasteiger partial charge in [0.1, 0.15) is 0 Å². The summed E-state index contributed by atoms with van der Waals surface area (Å²) in [7, 11) is 0. The molecule has 1 N–H and O–H groups in total. The third-order valence-electron chi connectivity index (χ3n) is 3.70. The highest BCUT2D eigenvalue weighted by atomic mass is 16.3. The molecule has 0 spiro atoms. The summed E-state index contributed by atoms with van der Waals surface area (Å²) in [6.45, 7) is 0.466. The molecule has 0 bridgehead atoms. The van der Waals surface area contributed by atoms with Crippen molar-refractivity contribution in [2.75, 3.05) is 11.4 Å². The molecule has 4 heteroatoms. The minimum Gasteiger partial charge on any atom is -0.388 e. The molecular weight excluding hydrogens is 264 g/mol. The van der Waals surface area contributed by atoms with Gasteiger partial charge in [-0.25, -0.2) is 0 Å². The zero-order chi connectivity index (χ0) is 14.8. The van der Waals surface area contributed by atoms with Crippen molar-refractivity contribution in [3.05, 3.63) is 65.2 Å². The summed E-state index contributed by atoms with van der Waals surface area (Å²) >= 11 is 0. The average molecular weight is 278 g/mol. The van der Waals surface area contributed by atoms with E-state index in [1.54, 1.807) is 29.2 Å². The van der Waals surface area contributed by atoms with E-state index in [1.807, 2.05) is 30.3 Å². The molecule has 1 heterocycles. The highest BCUT2D eigenvalue weighted by molar-refractivity contribution is 6.07. The van der Waals surface area contributed by atoms with Crippen LogP contribution in [0.4, 0.5) is 5.69 Å². The second-order valence-corrected chi connectivity index (χ2v) is 5.01. The predicted octanol–water partition coefficient (Wildman–Crippen LogP) is 2.64. The topological polar surface area (TPSA) is 64.3 Å². The van der Waals surface area contributed by atoms with E-state index in [0.29, 0.717) is 24.1 Å². The molecule has 4 nitrogen and oxygen atoms in total. The molecule has 0 saturated heterocycles. The van der Waals surface area contributed by atoms with E-state index in [0.717, 1.165) is 11.3 Å². The van der Waals surface area contributed by atoms with Crippen molar-refractivity contribution in [3.8, 4) is 6.07 Å². The lowest BCUT2D eigenvalue weighted by Crippen LogP contribution is -2.36. The van der Waals surface area contributed by atoms with Gasteiger partial charge < -0.3 is 10.0 Å². The second-order valence-electron chi connectivity index (χ2n) is 5.01. The minimum atomic E-state index is -0.532. The minimum absolute atomic E-state index is 0.147. The van der Waals surface area contributed by atoms with Crippen LogP contribution in [-0.2, 0) is 0 Å². The Morgan fingerprint density at radius 1 is 1.24 bits per heavy atom. The molecule has 1 aliphatic rings. The SMILES string of the molecule is N#Cc1cccc(C(=O)N2CCC(O)c3ccccc32)c1. The molecule has 104 valence electrons. The fraction of sp³-hybridized carbons (Fsp3) is 0.176. The third kappa shape index (κ3) is 2.39. The molecule has 0 aromatic heterocycles. The van der Waals surface area contributed by atoms with E-state index in [4.69, 9.17) is 5.26 Å². The molecule has 3 rings (SSSR count). The zero-order valence-electron chi connectivity index (χ0n) is 11.4. The van der Waals surface area contributed by atoms with E-state index in [2.05, 4.69) is 0 Å². The van der Waals surface area contributed by atoms with Crippen molar-refractivity contribution in [1.82, 2.24) is 0 Å². The number of amides is 1. The fourth-order valence-electron chi connectivity index (χ4n) is 2.63. The highest BCUT2D eigenvalue weighted by Crippen LogP contribution is 2.34. The molecule has 0 fully saturated rings. The molecule has 21 heavy (non-hydrogen) atoms. The van der Waals surface area contributed by atoms with Gasteiger partial charge in [-0.15, -0.1) is 0 Å². The Kier molecular flexibility index (Phi) is 3.43. The molecule has 2 aromatic rings. The smallest absolute Gasteiger partial charge is 0.258 e. The number of aliphatic hydroxyl groups is 1. The van der Waals surface area contributed by atoms with Crippen LogP contribution >= 0.6 is 0 Å². The van der Waals surface area contributed by atoms with E-state index in [-0.39, 0.29) is 5.91 Å². The molecule has 0 radical (unpaired) electrons. The molecule has 2 aromatic carbocycles. The lowest BCUT2D eigenvalue weighted by molar-refractivity contribution is 0.0970. The van der Waals surface area contributed by atoms with Gasteiger partial charge >= 0.3 is 0 Å². The van der Waals surface area contributed by atoms with Crippen LogP contribution in [0.25, 0.3) is 0 Å². The number of anilines is 1. The Labute approximate surface area is 122 Å². The number of benzene rings is 2. The van der Waals surface area contributed by atoms with Crippen LogP contribution in [0.2, 0.25) is 0 Å². The summed E-state index contributed by atoms with van der Waals surface area (Å²) in [4.78, 5) is 14.3. The number of rotatable bonds is 1. The molecule has 0 saturated carbocycles. The highest BCUT2D eigenvalue weighted by Gasteiger charge is 2.27. The number of para-hydroxylation sites is 1. The number of carbonyl (C=O) groups is 1. The summed E-state index contributed by atoms with van der Waals surface area (Å²) < 4.78 is 0. The molecule has 0 aliphatic carbocycles. The Morgan fingerprint density at radius 3 is 2.86 bits per heavy atom. The Balaban J connectivity index is 1.99. The normalized spacial score (nSPS) is 17.0. The molecule has 1 atom stereocenters. The van der Waals surface area contributed by atoms with Crippen molar-refractivity contribution < 1.29 is 9.90 Å². The average Bonchev–Trinajstić information content (AvgIpc) is 2.55. The van der Waals surface area contributed by atoms with Crippen molar-refractivity contribution in [1.29, 1.82) is 5.26 Å². The van der Waals surface area contributed by atoms with Gasteiger partial charge in [0.05, 0.1) is 17.7 Å². The van der Waals surface area contributed by atoms with Crippen LogP contribution < -0.4 is 4.90 Å². The van der Waals surface area contributed by atoms with Gasteiger partial charge in [0, 0.05) is 23.4 Å². The van der Waals surface area contributed by atoms with E-state index < -0.39 is 6.10 Å². The number of hydrogen-bond donors (Lipinski definition) is 1. The summed E-state index contributed by atoms with van der Waals surface area (Å²) in [6, 6.07) is 16.1. The fourth-order valence-corrected chi connectivity index (χ4v) is 2.63. The summed E-state index contributed by atoms with van der Waals surface area (Å²) in [5.41, 5.74) is 2.46. The van der Waals surface area contributed by atoms with Crippen LogP contribution in [-0.4, -0.2) is 17.6 Å². The van der Waals surface area contributed by atoms with Gasteiger partial charge in [-0.3, -0.25) is 4.79 Å². The maximum Gasteiger partial charge on any atom is 0.258 e. The standard InChI is InChI=1S/C17H14N2O2/c18-11-12-4-3-5-13(10-12)17(21)19-9-8-16(20)14-6-1-2-7-15(14)19/h1-7,10,16,20H,8-9H2. The lowest BCUT2D eigenvalue weighted by atomic mass is 9.98. The number of aliphatic hydroxyl groups excluding tert-OH is 1. The molecular formula is C17H14N2O2. The van der Waals surface area contributed by atoms with E-state index in [1.165, 1.54) is 0 Å². The number of nitriles is 1. The van der Waals surface area contributed by atoms with Crippen LogP contribution in [0, 0.1) is 11.3 Å². The van der Waals surface area contributed by atoms with Gasteiger partial charge in [-0.05, 0) is 30.7 Å². The van der Waals surface area contributed by atoms with Gasteiger partial charge in [0.25, 0.3) is 5.91 Å². The van der Waals surface area contributed by atoms with Gasteiger partial charge in [-0.1, -0.05) is 24.3 Å². The maximum atomic E-state index is 12.7. The Bertz CT molecular complexity index is 734. The largest absolute Gasteiger partial charge is 0.388 e. The van der Waals surface area contributed by atoms with Crippen LogP contribution in [0.15, 0.2) is 48.5 Å². The number of carbonyl (C=O) groups excluding carboxylic acids is 1. The second kappa shape index (κ2) is 5.39. The number of hydrogen-bond acceptors (Lipinski definition) is 3. The van der Waals surface area contributed by atoms with Crippen molar-refractivity contribution >= 4 is 11.6 Å². The quantitative estimate of drug-likeness (QED) is 0.872. The first kappa shape index (κ1) is 13.3. The third-order valence-corrected chi connectivity index (χ3v) is 3.70. The molecule has 1 unspecified atom stereocenters. The van der Waals surface area contributed by atoms with Gasteiger partial charge in [-0.2, -0.15) is 5.26 Å². The van der Waals surface area contributed by atoms with Crippen LogP contribution in [0.3, 0.4) is 0 Å². The van der Waals surface area contributed by atoms with Gasteiger partial charge in [0.2, 0.25) is 0 Å². The van der Waals surface area contributed by atoms with Crippen molar-refractivity contribution in [3.63, 3.8) is 0 Å². The van der Waals surface area contributed by atoms with Gasteiger partial charge in [0.15, 0.2) is 0 Å². The first-order valence-corrected chi connectivity index (χ1v) is 6.80. The summed E-state index contributed by atoms with van der Waals surface area (Å²) in [6.07, 6.45) is -0.0172.